The first kappa shape index (κ1) is 33.5. The normalized spacial score (nSPS) is 12.3. The summed E-state index contributed by atoms with van der Waals surface area (Å²) < 4.78 is 13.3. The van der Waals surface area contributed by atoms with Crippen LogP contribution in [0.2, 0.25) is 5.02 Å². The molecule has 240 valence electrons. The van der Waals surface area contributed by atoms with Gasteiger partial charge in [-0.2, -0.15) is 4.52 Å². The average Bonchev–Trinajstić information content (AvgIpc) is 3.31. The number of fused-ring (bicyclic) bond motifs is 1. The van der Waals surface area contributed by atoms with Crippen LogP contribution < -0.4 is 15.7 Å². The van der Waals surface area contributed by atoms with E-state index in [1.807, 2.05) is 63.2 Å². The van der Waals surface area contributed by atoms with Crippen LogP contribution in [0.5, 0.6) is 5.88 Å². The number of hydrogen-bond acceptors (Lipinski definition) is 7. The highest BCUT2D eigenvalue weighted by Gasteiger charge is 2.34. The number of nitrogens with one attached hydrogen (secondary N) is 1. The third-order valence-electron chi connectivity index (χ3n) is 7.10. The van der Waals surface area contributed by atoms with E-state index in [-0.39, 0.29) is 48.0 Å². The number of carbonyl (C=O) groups excluding carboxylic acids is 2. The Morgan fingerprint density at radius 3 is 2.33 bits per heavy atom. The summed E-state index contributed by atoms with van der Waals surface area (Å²) in [5.74, 6) is 0.0182. The lowest BCUT2D eigenvalue weighted by Crippen LogP contribution is -2.43. The molecule has 2 amide bonds. The van der Waals surface area contributed by atoms with E-state index >= 15 is 0 Å². The van der Waals surface area contributed by atoms with E-state index in [0.717, 1.165) is 15.6 Å². The van der Waals surface area contributed by atoms with E-state index in [9.17, 15) is 14.4 Å². The number of ether oxygens (including phenoxy) is 2. The standard InChI is InChI=1S/C33H41ClN6O5/c1-21(2)26(38(30(41)24-16-14-22(3)15-17-24)19-11-18-35-31(42)45-33(4,5)6)28-36-27-25(34)29(44-7)37-40(27)32(43)39(28)20-23-12-9-8-10-13-23/h8-10,12-17,21,26H,11,18-20H2,1-7H3,(H,35,42). The minimum absolute atomic E-state index is 0.0755. The fraction of sp³-hybridized carbons (Fsp3) is 0.424. The average molecular weight is 637 g/mol. The molecule has 0 fully saturated rings. The van der Waals surface area contributed by atoms with Gasteiger partial charge < -0.3 is 19.7 Å². The molecule has 0 radical (unpaired) electrons. The highest BCUT2D eigenvalue weighted by Crippen LogP contribution is 2.32. The number of hydrogen-bond donors (Lipinski definition) is 1. The summed E-state index contributed by atoms with van der Waals surface area (Å²) >= 11 is 6.58. The molecule has 0 aliphatic carbocycles. The first-order valence-corrected chi connectivity index (χ1v) is 15.3. The molecule has 0 aliphatic heterocycles. The van der Waals surface area contributed by atoms with Crippen molar-refractivity contribution >= 4 is 29.2 Å². The van der Waals surface area contributed by atoms with Gasteiger partial charge in [-0.05, 0) is 57.7 Å². The number of alkyl carbamates (subject to hydrolysis) is 1. The van der Waals surface area contributed by atoms with Gasteiger partial charge in [0.2, 0.25) is 0 Å². The maximum atomic E-state index is 14.3. The SMILES string of the molecule is COc1nn2c(=O)n(Cc3ccccc3)c(C(C(C)C)N(CCCNC(=O)OC(C)(C)C)C(=O)c3ccc(C)cc3)nc2c1Cl. The number of aromatic nitrogens is 4. The molecular formula is C33H41ClN6O5. The highest BCUT2D eigenvalue weighted by molar-refractivity contribution is 6.34. The van der Waals surface area contributed by atoms with E-state index in [0.29, 0.717) is 17.8 Å². The van der Waals surface area contributed by atoms with Crippen molar-refractivity contribution in [2.75, 3.05) is 20.2 Å². The predicted octanol–water partition coefficient (Wildman–Crippen LogP) is 5.66. The summed E-state index contributed by atoms with van der Waals surface area (Å²) in [5, 5.41) is 7.12. The molecule has 11 nitrogen and oxygen atoms in total. The molecule has 4 aromatic rings. The van der Waals surface area contributed by atoms with E-state index < -0.39 is 23.4 Å². The second-order valence-corrected chi connectivity index (χ2v) is 12.6. The molecule has 2 aromatic carbocycles. The number of rotatable bonds is 11. The molecule has 4 rings (SSSR count). The Kier molecular flexibility index (Phi) is 10.5. The molecule has 0 aliphatic rings. The van der Waals surface area contributed by atoms with Gasteiger partial charge in [-0.1, -0.05) is 73.5 Å². The molecule has 1 N–H and O–H groups in total. The van der Waals surface area contributed by atoms with Crippen molar-refractivity contribution in [1.82, 2.24) is 29.4 Å². The number of carbonyl (C=O) groups is 2. The van der Waals surface area contributed by atoms with Crippen molar-refractivity contribution in [3.8, 4) is 5.88 Å². The predicted molar refractivity (Wildman–Crippen MR) is 173 cm³/mol. The third kappa shape index (κ3) is 8.02. The van der Waals surface area contributed by atoms with Crippen LogP contribution in [0, 0.1) is 12.8 Å². The number of aryl methyl sites for hydroxylation is 1. The fourth-order valence-corrected chi connectivity index (χ4v) is 5.27. The molecule has 2 heterocycles. The Hall–Kier alpha value is -4.38. The molecule has 0 saturated carbocycles. The van der Waals surface area contributed by atoms with Gasteiger partial charge in [0.1, 0.15) is 16.4 Å². The maximum absolute atomic E-state index is 14.3. The van der Waals surface area contributed by atoms with Crippen molar-refractivity contribution in [3.63, 3.8) is 0 Å². The number of amides is 2. The molecule has 2 aromatic heterocycles. The number of nitrogens with zero attached hydrogens (tertiary/aromatic N) is 5. The van der Waals surface area contributed by atoms with E-state index in [1.165, 1.54) is 11.7 Å². The Balaban J connectivity index is 1.82. The minimum Gasteiger partial charge on any atom is -0.479 e. The van der Waals surface area contributed by atoms with Gasteiger partial charge >= 0.3 is 11.8 Å². The first-order chi connectivity index (χ1) is 21.3. The zero-order valence-corrected chi connectivity index (χ0v) is 27.6. The Morgan fingerprint density at radius 2 is 1.73 bits per heavy atom. The molecule has 1 unspecified atom stereocenters. The monoisotopic (exact) mass is 636 g/mol. The Labute approximate surface area is 268 Å². The van der Waals surface area contributed by atoms with Gasteiger partial charge in [-0.25, -0.2) is 14.6 Å². The molecule has 45 heavy (non-hydrogen) atoms. The zero-order valence-electron chi connectivity index (χ0n) is 26.8. The van der Waals surface area contributed by atoms with Crippen molar-refractivity contribution in [1.29, 1.82) is 0 Å². The largest absolute Gasteiger partial charge is 0.479 e. The fourth-order valence-electron chi connectivity index (χ4n) is 5.03. The highest BCUT2D eigenvalue weighted by atomic mass is 35.5. The topological polar surface area (TPSA) is 120 Å². The third-order valence-corrected chi connectivity index (χ3v) is 7.43. The van der Waals surface area contributed by atoms with Crippen LogP contribution in [0.15, 0.2) is 59.4 Å². The molecular weight excluding hydrogens is 596 g/mol. The second kappa shape index (κ2) is 14.2. The maximum Gasteiger partial charge on any atom is 0.407 e. The number of methoxy groups -OCH3 is 1. The van der Waals surface area contributed by atoms with Gasteiger partial charge in [-0.3, -0.25) is 9.36 Å². The zero-order chi connectivity index (χ0) is 32.9. The van der Waals surface area contributed by atoms with Crippen LogP contribution in [0.4, 0.5) is 4.79 Å². The van der Waals surface area contributed by atoms with Crippen LogP contribution in [0.1, 0.15) is 74.4 Å². The van der Waals surface area contributed by atoms with Crippen LogP contribution in [0.25, 0.3) is 5.65 Å². The van der Waals surface area contributed by atoms with Gasteiger partial charge in [-0.15, -0.1) is 5.10 Å². The number of halogens is 1. The molecule has 0 saturated heterocycles. The minimum atomic E-state index is -0.654. The Morgan fingerprint density at radius 1 is 1.07 bits per heavy atom. The lowest BCUT2D eigenvalue weighted by Gasteiger charge is -2.35. The molecule has 0 bridgehead atoms. The first-order valence-electron chi connectivity index (χ1n) is 14.9. The Bertz CT molecular complexity index is 1690. The summed E-state index contributed by atoms with van der Waals surface area (Å²) in [6.07, 6.45) is -0.112. The van der Waals surface area contributed by atoms with Gasteiger partial charge in [0.15, 0.2) is 5.65 Å². The van der Waals surface area contributed by atoms with Gasteiger partial charge in [0.25, 0.3) is 11.8 Å². The van der Waals surface area contributed by atoms with Crippen molar-refractivity contribution < 1.29 is 19.1 Å². The molecule has 1 atom stereocenters. The summed E-state index contributed by atoms with van der Waals surface area (Å²) in [6.45, 7) is 12.0. The van der Waals surface area contributed by atoms with E-state index in [1.54, 1.807) is 37.8 Å². The molecule has 0 spiro atoms. The quantitative estimate of drug-likeness (QED) is 0.211. The molecule has 12 heteroatoms. The van der Waals surface area contributed by atoms with Crippen molar-refractivity contribution in [3.05, 3.63) is 92.6 Å². The summed E-state index contributed by atoms with van der Waals surface area (Å²) in [7, 11) is 1.42. The van der Waals surface area contributed by atoms with Crippen molar-refractivity contribution in [2.24, 2.45) is 5.92 Å². The number of benzene rings is 2. The van der Waals surface area contributed by atoms with Crippen LogP contribution in [-0.4, -0.2) is 61.9 Å². The van der Waals surface area contributed by atoms with Crippen LogP contribution in [-0.2, 0) is 11.3 Å². The summed E-state index contributed by atoms with van der Waals surface area (Å²) in [5.41, 5.74) is 1.42. The van der Waals surface area contributed by atoms with Crippen molar-refractivity contribution in [2.45, 2.75) is 66.2 Å². The van der Waals surface area contributed by atoms with Gasteiger partial charge in [0.05, 0.1) is 19.7 Å². The lowest BCUT2D eigenvalue weighted by atomic mass is 9.99. The van der Waals surface area contributed by atoms with Crippen LogP contribution >= 0.6 is 11.6 Å². The van der Waals surface area contributed by atoms with E-state index in [2.05, 4.69) is 10.4 Å². The van der Waals surface area contributed by atoms with Crippen LogP contribution in [0.3, 0.4) is 0 Å². The van der Waals surface area contributed by atoms with E-state index in [4.69, 9.17) is 26.1 Å². The lowest BCUT2D eigenvalue weighted by molar-refractivity contribution is 0.0519. The summed E-state index contributed by atoms with van der Waals surface area (Å²) in [4.78, 5) is 47.2. The smallest absolute Gasteiger partial charge is 0.407 e. The van der Waals surface area contributed by atoms with Gasteiger partial charge in [0, 0.05) is 18.7 Å². The second-order valence-electron chi connectivity index (χ2n) is 12.2. The summed E-state index contributed by atoms with van der Waals surface area (Å²) in [6, 6.07) is 16.2.